The van der Waals surface area contributed by atoms with Gasteiger partial charge in [0.25, 0.3) is 0 Å². The molecule has 1 aliphatic heterocycles. The van der Waals surface area contributed by atoms with Crippen molar-refractivity contribution in [3.8, 4) is 5.75 Å². The van der Waals surface area contributed by atoms with Gasteiger partial charge in [-0.25, -0.2) is 4.98 Å². The van der Waals surface area contributed by atoms with E-state index >= 15 is 0 Å². The molecule has 4 heterocycles. The van der Waals surface area contributed by atoms with Crippen LogP contribution in [0.25, 0.3) is 16.6 Å². The van der Waals surface area contributed by atoms with Crippen LogP contribution in [0, 0.1) is 0 Å². The predicted octanol–water partition coefficient (Wildman–Crippen LogP) is 4.02. The summed E-state index contributed by atoms with van der Waals surface area (Å²) in [6.45, 7) is 2.68. The lowest BCUT2D eigenvalue weighted by Gasteiger charge is -2.24. The minimum Gasteiger partial charge on any atom is -0.495 e. The van der Waals surface area contributed by atoms with E-state index in [-0.39, 0.29) is 0 Å². The fraction of sp³-hybridized carbons (Fsp3) is 0.200. The van der Waals surface area contributed by atoms with Gasteiger partial charge in [0.1, 0.15) is 11.3 Å². The quantitative estimate of drug-likeness (QED) is 0.716. The van der Waals surface area contributed by atoms with Crippen LogP contribution in [0.15, 0.2) is 60.4 Å². The number of pyridine rings is 2. The van der Waals surface area contributed by atoms with Crippen molar-refractivity contribution in [2.45, 2.75) is 0 Å². The summed E-state index contributed by atoms with van der Waals surface area (Å²) in [5.74, 6) is 0.716. The standard InChI is InChI=1S/C20H20N4OS/c1-25-16-12-18-20(23-13-16)17(6-7-21-18)22-8-10-24-9-2-4-15(14-24)19-5-3-11-26-19/h2-7,9,11-13H,8,10,14H2,1H3,(H,21,22). The molecule has 0 bridgehead atoms. The molecule has 3 aromatic heterocycles. The molecule has 0 saturated carbocycles. The molecule has 0 radical (unpaired) electrons. The lowest BCUT2D eigenvalue weighted by Crippen LogP contribution is -2.27. The highest BCUT2D eigenvalue weighted by Gasteiger charge is 2.10. The number of rotatable bonds is 6. The highest BCUT2D eigenvalue weighted by atomic mass is 32.1. The minimum atomic E-state index is 0.716. The van der Waals surface area contributed by atoms with Crippen molar-refractivity contribution in [1.82, 2.24) is 14.9 Å². The highest BCUT2D eigenvalue weighted by molar-refractivity contribution is 7.11. The lowest BCUT2D eigenvalue weighted by atomic mass is 10.1. The Labute approximate surface area is 156 Å². The van der Waals surface area contributed by atoms with E-state index in [0.29, 0.717) is 5.75 Å². The average Bonchev–Trinajstić information content (AvgIpc) is 3.23. The molecule has 0 aromatic carbocycles. The predicted molar refractivity (Wildman–Crippen MR) is 108 cm³/mol. The van der Waals surface area contributed by atoms with E-state index in [9.17, 15) is 0 Å². The summed E-state index contributed by atoms with van der Waals surface area (Å²) in [6.07, 6.45) is 9.98. The fourth-order valence-electron chi connectivity index (χ4n) is 2.98. The molecule has 26 heavy (non-hydrogen) atoms. The second kappa shape index (κ2) is 7.58. The summed E-state index contributed by atoms with van der Waals surface area (Å²) in [7, 11) is 1.63. The van der Waals surface area contributed by atoms with Crippen LogP contribution in [-0.2, 0) is 0 Å². The number of thiophene rings is 1. The summed E-state index contributed by atoms with van der Waals surface area (Å²) in [5, 5.41) is 5.61. The molecular weight excluding hydrogens is 344 g/mol. The van der Waals surface area contributed by atoms with Gasteiger partial charge in [0.2, 0.25) is 0 Å². The molecule has 1 N–H and O–H groups in total. The Kier molecular flexibility index (Phi) is 4.84. The Bertz CT molecular complexity index is 950. The minimum absolute atomic E-state index is 0.716. The monoisotopic (exact) mass is 364 g/mol. The molecule has 5 nitrogen and oxygen atoms in total. The zero-order valence-electron chi connectivity index (χ0n) is 14.6. The van der Waals surface area contributed by atoms with Gasteiger partial charge in [-0.15, -0.1) is 11.3 Å². The number of nitrogens with one attached hydrogen (secondary N) is 1. The maximum Gasteiger partial charge on any atom is 0.139 e. The van der Waals surface area contributed by atoms with Crippen molar-refractivity contribution in [1.29, 1.82) is 0 Å². The van der Waals surface area contributed by atoms with Gasteiger partial charge in [0.05, 0.1) is 24.5 Å². The van der Waals surface area contributed by atoms with Crippen LogP contribution in [0.2, 0.25) is 0 Å². The summed E-state index contributed by atoms with van der Waals surface area (Å²) < 4.78 is 5.22. The second-order valence-corrected chi connectivity index (χ2v) is 6.96. The van der Waals surface area contributed by atoms with Gasteiger partial charge in [-0.2, -0.15) is 0 Å². The van der Waals surface area contributed by atoms with Gasteiger partial charge in [-0.05, 0) is 35.4 Å². The van der Waals surface area contributed by atoms with Gasteiger partial charge in [0, 0.05) is 36.8 Å². The molecule has 0 atom stereocenters. The largest absolute Gasteiger partial charge is 0.495 e. The summed E-state index contributed by atoms with van der Waals surface area (Å²) in [4.78, 5) is 12.5. The Morgan fingerprint density at radius 3 is 3.12 bits per heavy atom. The van der Waals surface area contributed by atoms with E-state index in [1.807, 2.05) is 12.1 Å². The van der Waals surface area contributed by atoms with Crippen molar-refractivity contribution in [3.05, 3.63) is 65.3 Å². The average molecular weight is 364 g/mol. The first kappa shape index (κ1) is 16.6. The molecule has 0 amide bonds. The lowest BCUT2D eigenvalue weighted by molar-refractivity contribution is 0.413. The molecular formula is C20H20N4OS. The maximum atomic E-state index is 5.22. The van der Waals surface area contributed by atoms with E-state index in [1.54, 1.807) is 30.8 Å². The molecule has 4 rings (SSSR count). The number of anilines is 1. The summed E-state index contributed by atoms with van der Waals surface area (Å²) in [5.41, 5.74) is 4.05. The number of methoxy groups -OCH3 is 1. The number of aromatic nitrogens is 2. The molecule has 3 aromatic rings. The third-order valence-corrected chi connectivity index (χ3v) is 5.25. The van der Waals surface area contributed by atoms with E-state index in [1.165, 1.54) is 10.5 Å². The normalized spacial score (nSPS) is 13.7. The Balaban J connectivity index is 1.39. The third kappa shape index (κ3) is 3.55. The Hall–Kier alpha value is -2.86. The highest BCUT2D eigenvalue weighted by Crippen LogP contribution is 2.24. The van der Waals surface area contributed by atoms with Crippen molar-refractivity contribution < 1.29 is 4.74 Å². The SMILES string of the molecule is COc1cnc2c(NCCN3C=CC=C(c4cccs4)C3)ccnc2c1. The molecule has 132 valence electrons. The Morgan fingerprint density at radius 1 is 1.31 bits per heavy atom. The zero-order valence-corrected chi connectivity index (χ0v) is 15.4. The van der Waals surface area contributed by atoms with Crippen molar-refractivity contribution in [3.63, 3.8) is 0 Å². The Morgan fingerprint density at radius 2 is 2.27 bits per heavy atom. The van der Waals surface area contributed by atoms with E-state index in [2.05, 4.69) is 56.0 Å². The van der Waals surface area contributed by atoms with Crippen LogP contribution in [0.4, 0.5) is 5.69 Å². The molecule has 0 spiro atoms. The first-order valence-electron chi connectivity index (χ1n) is 8.51. The van der Waals surface area contributed by atoms with Gasteiger partial charge >= 0.3 is 0 Å². The number of fused-ring (bicyclic) bond motifs is 1. The molecule has 6 heteroatoms. The van der Waals surface area contributed by atoms with Crippen LogP contribution in [0.3, 0.4) is 0 Å². The van der Waals surface area contributed by atoms with Crippen molar-refractivity contribution >= 4 is 33.6 Å². The number of hydrogen-bond acceptors (Lipinski definition) is 6. The number of ether oxygens (including phenoxy) is 1. The van der Waals surface area contributed by atoms with Crippen LogP contribution in [0.1, 0.15) is 4.88 Å². The van der Waals surface area contributed by atoms with Gasteiger partial charge < -0.3 is 15.0 Å². The molecule has 0 fully saturated rings. The van der Waals surface area contributed by atoms with Crippen LogP contribution in [-0.4, -0.2) is 41.6 Å². The first-order valence-corrected chi connectivity index (χ1v) is 9.39. The summed E-state index contributed by atoms with van der Waals surface area (Å²) in [6, 6.07) is 8.14. The summed E-state index contributed by atoms with van der Waals surface area (Å²) >= 11 is 1.79. The van der Waals surface area contributed by atoms with Gasteiger partial charge in [0.15, 0.2) is 0 Å². The van der Waals surface area contributed by atoms with Gasteiger partial charge in [-0.1, -0.05) is 12.1 Å². The van der Waals surface area contributed by atoms with Crippen LogP contribution < -0.4 is 10.1 Å². The van der Waals surface area contributed by atoms with Crippen LogP contribution in [0.5, 0.6) is 5.75 Å². The number of hydrogen-bond donors (Lipinski definition) is 1. The van der Waals surface area contributed by atoms with Crippen molar-refractivity contribution in [2.75, 3.05) is 32.1 Å². The molecule has 0 saturated heterocycles. The van der Waals surface area contributed by atoms with E-state index in [4.69, 9.17) is 4.74 Å². The van der Waals surface area contributed by atoms with Crippen molar-refractivity contribution in [2.24, 2.45) is 0 Å². The van der Waals surface area contributed by atoms with E-state index in [0.717, 1.165) is 36.4 Å². The second-order valence-electron chi connectivity index (χ2n) is 6.01. The van der Waals surface area contributed by atoms with E-state index < -0.39 is 0 Å². The zero-order chi connectivity index (χ0) is 17.8. The first-order chi connectivity index (χ1) is 12.8. The smallest absolute Gasteiger partial charge is 0.139 e. The topological polar surface area (TPSA) is 50.3 Å². The number of allylic oxidation sites excluding steroid dienone is 2. The van der Waals surface area contributed by atoms with Crippen LogP contribution >= 0.6 is 11.3 Å². The third-order valence-electron chi connectivity index (χ3n) is 4.31. The molecule has 0 aliphatic carbocycles. The maximum absolute atomic E-state index is 5.22. The molecule has 1 aliphatic rings. The fourth-order valence-corrected chi connectivity index (χ4v) is 3.72. The van der Waals surface area contributed by atoms with Gasteiger partial charge in [-0.3, -0.25) is 4.98 Å². The molecule has 0 unspecified atom stereocenters. The number of nitrogens with zero attached hydrogens (tertiary/aromatic N) is 3.